The van der Waals surface area contributed by atoms with E-state index in [4.69, 9.17) is 14.5 Å². The maximum Gasteiger partial charge on any atom is 0.191 e. The molecule has 154 valence electrons. The highest BCUT2D eigenvalue weighted by Crippen LogP contribution is 2.16. The van der Waals surface area contributed by atoms with E-state index in [1.807, 2.05) is 11.7 Å². The van der Waals surface area contributed by atoms with Crippen molar-refractivity contribution in [1.29, 1.82) is 0 Å². The number of nitrogens with one attached hydrogen (secondary N) is 2. The molecule has 1 atom stereocenters. The van der Waals surface area contributed by atoms with Gasteiger partial charge in [0.25, 0.3) is 0 Å². The maximum absolute atomic E-state index is 5.76. The second-order valence-corrected chi connectivity index (χ2v) is 6.98. The van der Waals surface area contributed by atoms with E-state index in [-0.39, 0.29) is 0 Å². The average molecular weight is 380 g/mol. The van der Waals surface area contributed by atoms with Gasteiger partial charge in [-0.3, -0.25) is 4.68 Å². The molecule has 2 N–H and O–H groups in total. The third kappa shape index (κ3) is 6.81. The van der Waals surface area contributed by atoms with E-state index in [0.29, 0.717) is 12.5 Å². The zero-order valence-electron chi connectivity index (χ0n) is 17.5. The lowest BCUT2D eigenvalue weighted by molar-refractivity contribution is 0.0888. The van der Waals surface area contributed by atoms with Crippen molar-refractivity contribution in [1.82, 2.24) is 20.4 Å². The molecule has 2 rings (SSSR count). The Balaban J connectivity index is 1.78. The Bertz CT molecular complexity index is 579. The van der Waals surface area contributed by atoms with Gasteiger partial charge < -0.3 is 20.1 Å². The van der Waals surface area contributed by atoms with Gasteiger partial charge in [-0.2, -0.15) is 5.10 Å². The van der Waals surface area contributed by atoms with Crippen LogP contribution in [0, 0.1) is 5.92 Å². The maximum atomic E-state index is 5.76. The summed E-state index contributed by atoms with van der Waals surface area (Å²) >= 11 is 0. The molecule has 0 radical (unpaired) electrons. The molecule has 0 spiro atoms. The Kier molecular flexibility index (Phi) is 9.62. The monoisotopic (exact) mass is 379 g/mol. The standard InChI is InChI=1S/C20H37N5O2/c1-5-18-17(19(6-2)25(4)24-18)13-23-20(21-7-3)22-10-8-11-26-14-16-9-12-27-15-16/h16H,5-15H2,1-4H3,(H2,21,22,23). The third-order valence-electron chi connectivity index (χ3n) is 4.90. The zero-order chi connectivity index (χ0) is 19.5. The zero-order valence-corrected chi connectivity index (χ0v) is 17.5. The van der Waals surface area contributed by atoms with Crippen LogP contribution in [0.2, 0.25) is 0 Å². The van der Waals surface area contributed by atoms with Crippen LogP contribution in [-0.2, 0) is 35.9 Å². The highest BCUT2D eigenvalue weighted by atomic mass is 16.5. The molecule has 1 aromatic rings. The molecule has 1 saturated heterocycles. The van der Waals surface area contributed by atoms with Crippen LogP contribution >= 0.6 is 0 Å². The fourth-order valence-corrected chi connectivity index (χ4v) is 3.42. The molecule has 0 aliphatic carbocycles. The summed E-state index contributed by atoms with van der Waals surface area (Å²) in [6.45, 7) is 12.1. The molecule has 1 unspecified atom stereocenters. The molecular formula is C20H37N5O2. The van der Waals surface area contributed by atoms with Crippen LogP contribution in [-0.4, -0.2) is 55.3 Å². The Morgan fingerprint density at radius 3 is 2.81 bits per heavy atom. The van der Waals surface area contributed by atoms with Gasteiger partial charge in [-0.25, -0.2) is 4.99 Å². The van der Waals surface area contributed by atoms with Crippen molar-refractivity contribution in [2.24, 2.45) is 18.0 Å². The first-order chi connectivity index (χ1) is 13.2. The SMILES string of the molecule is CCNC(=NCc1c(CC)nn(C)c1CC)NCCCOCC1CCOC1. The highest BCUT2D eigenvalue weighted by Gasteiger charge is 2.15. The number of hydrogen-bond donors (Lipinski definition) is 2. The van der Waals surface area contributed by atoms with Crippen LogP contribution in [0.15, 0.2) is 4.99 Å². The van der Waals surface area contributed by atoms with E-state index in [9.17, 15) is 0 Å². The normalized spacial score (nSPS) is 17.5. The topological polar surface area (TPSA) is 72.7 Å². The van der Waals surface area contributed by atoms with E-state index < -0.39 is 0 Å². The summed E-state index contributed by atoms with van der Waals surface area (Å²) < 4.78 is 13.1. The molecular weight excluding hydrogens is 342 g/mol. The lowest BCUT2D eigenvalue weighted by atomic mass is 10.1. The van der Waals surface area contributed by atoms with E-state index in [1.54, 1.807) is 0 Å². The Hall–Kier alpha value is -1.60. The molecule has 0 aromatic carbocycles. The van der Waals surface area contributed by atoms with Gasteiger partial charge in [-0.1, -0.05) is 13.8 Å². The van der Waals surface area contributed by atoms with Gasteiger partial charge in [0.05, 0.1) is 25.5 Å². The number of hydrogen-bond acceptors (Lipinski definition) is 4. The predicted octanol–water partition coefficient (Wildman–Crippen LogP) is 2.04. The lowest BCUT2D eigenvalue weighted by Gasteiger charge is -2.12. The molecule has 2 heterocycles. The third-order valence-corrected chi connectivity index (χ3v) is 4.90. The van der Waals surface area contributed by atoms with Crippen molar-refractivity contribution < 1.29 is 9.47 Å². The van der Waals surface area contributed by atoms with Crippen molar-refractivity contribution in [3.05, 3.63) is 17.0 Å². The van der Waals surface area contributed by atoms with Crippen molar-refractivity contribution >= 4 is 5.96 Å². The largest absolute Gasteiger partial charge is 0.381 e. The van der Waals surface area contributed by atoms with Crippen molar-refractivity contribution in [2.75, 3.05) is 39.5 Å². The minimum absolute atomic E-state index is 0.580. The molecule has 0 saturated carbocycles. The summed E-state index contributed by atoms with van der Waals surface area (Å²) in [6, 6.07) is 0. The summed E-state index contributed by atoms with van der Waals surface area (Å²) in [7, 11) is 2.02. The average Bonchev–Trinajstić information content (AvgIpc) is 3.29. The van der Waals surface area contributed by atoms with Gasteiger partial charge in [-0.05, 0) is 32.6 Å². The van der Waals surface area contributed by atoms with Crippen LogP contribution in [0.25, 0.3) is 0 Å². The number of guanidine groups is 1. The first-order valence-corrected chi connectivity index (χ1v) is 10.4. The second-order valence-electron chi connectivity index (χ2n) is 6.98. The summed E-state index contributed by atoms with van der Waals surface area (Å²) in [5.41, 5.74) is 3.69. The molecule has 0 amide bonds. The van der Waals surface area contributed by atoms with E-state index in [1.165, 1.54) is 11.3 Å². The van der Waals surface area contributed by atoms with Crippen molar-refractivity contribution in [2.45, 2.75) is 53.0 Å². The number of ether oxygens (including phenoxy) is 2. The Morgan fingerprint density at radius 1 is 1.30 bits per heavy atom. The first-order valence-electron chi connectivity index (χ1n) is 10.4. The number of aryl methyl sites for hydroxylation is 2. The minimum Gasteiger partial charge on any atom is -0.381 e. The van der Waals surface area contributed by atoms with Gasteiger partial charge in [0.1, 0.15) is 0 Å². The summed E-state index contributed by atoms with van der Waals surface area (Å²) in [5.74, 6) is 1.44. The highest BCUT2D eigenvalue weighted by molar-refractivity contribution is 5.79. The van der Waals surface area contributed by atoms with Crippen molar-refractivity contribution in [3.8, 4) is 0 Å². The second kappa shape index (κ2) is 12.0. The fraction of sp³-hybridized carbons (Fsp3) is 0.800. The van der Waals surface area contributed by atoms with Crippen LogP contribution in [0.1, 0.15) is 50.6 Å². The van der Waals surface area contributed by atoms with Crippen LogP contribution < -0.4 is 10.6 Å². The first kappa shape index (κ1) is 21.7. The smallest absolute Gasteiger partial charge is 0.191 e. The van der Waals surface area contributed by atoms with Gasteiger partial charge in [0, 0.05) is 50.5 Å². The molecule has 1 aromatic heterocycles. The van der Waals surface area contributed by atoms with Gasteiger partial charge >= 0.3 is 0 Å². The number of rotatable bonds is 11. The Morgan fingerprint density at radius 2 is 2.15 bits per heavy atom. The minimum atomic E-state index is 0.580. The van der Waals surface area contributed by atoms with Crippen LogP contribution in [0.4, 0.5) is 0 Å². The summed E-state index contributed by atoms with van der Waals surface area (Å²) in [6.07, 6.45) is 4.00. The quantitative estimate of drug-likeness (QED) is 0.350. The van der Waals surface area contributed by atoms with Crippen LogP contribution in [0.5, 0.6) is 0 Å². The summed E-state index contributed by atoms with van der Waals surface area (Å²) in [4.78, 5) is 4.78. The number of aromatic nitrogens is 2. The molecule has 27 heavy (non-hydrogen) atoms. The number of nitrogens with zero attached hydrogens (tertiary/aromatic N) is 3. The summed E-state index contributed by atoms with van der Waals surface area (Å²) in [5, 5.41) is 11.4. The Labute approximate surface area is 163 Å². The van der Waals surface area contributed by atoms with Gasteiger partial charge in [-0.15, -0.1) is 0 Å². The van der Waals surface area contributed by atoms with Gasteiger partial charge in [0.15, 0.2) is 5.96 Å². The molecule has 0 bridgehead atoms. The molecule has 1 fully saturated rings. The molecule has 7 heteroatoms. The molecule has 1 aliphatic heterocycles. The number of aliphatic imine (C=N–C) groups is 1. The molecule has 7 nitrogen and oxygen atoms in total. The van der Waals surface area contributed by atoms with E-state index >= 15 is 0 Å². The van der Waals surface area contributed by atoms with Crippen molar-refractivity contribution in [3.63, 3.8) is 0 Å². The van der Waals surface area contributed by atoms with E-state index in [2.05, 4.69) is 36.5 Å². The van der Waals surface area contributed by atoms with Gasteiger partial charge in [0.2, 0.25) is 0 Å². The fourth-order valence-electron chi connectivity index (χ4n) is 3.42. The molecule has 1 aliphatic rings. The van der Waals surface area contributed by atoms with E-state index in [0.717, 1.165) is 76.9 Å². The lowest BCUT2D eigenvalue weighted by Crippen LogP contribution is -2.38. The van der Waals surface area contributed by atoms with Crippen LogP contribution in [0.3, 0.4) is 0 Å². The predicted molar refractivity (Wildman–Crippen MR) is 109 cm³/mol.